The molecule has 0 heterocycles. The van der Waals surface area contributed by atoms with Crippen molar-refractivity contribution in [2.45, 2.75) is 18.4 Å². The molecular weight excluding hydrogens is 272 g/mol. The summed E-state index contributed by atoms with van der Waals surface area (Å²) in [5.74, 6) is -1.18. The first-order chi connectivity index (χ1) is 9.36. The van der Waals surface area contributed by atoms with Crippen molar-refractivity contribution in [1.29, 1.82) is 0 Å². The molecule has 0 fully saturated rings. The highest BCUT2D eigenvalue weighted by molar-refractivity contribution is 5.79. The van der Waals surface area contributed by atoms with Crippen molar-refractivity contribution in [2.24, 2.45) is 0 Å². The number of hydrogen-bond donors (Lipinski definition) is 5. The average Bonchev–Trinajstić information content (AvgIpc) is 2.43. The van der Waals surface area contributed by atoms with Crippen LogP contribution in [0, 0.1) is 10.1 Å². The minimum atomic E-state index is -2.27. The Hall–Kier alpha value is -2.07. The van der Waals surface area contributed by atoms with E-state index in [-0.39, 0.29) is 11.3 Å². The molecule has 5 N–H and O–H groups in total. The van der Waals surface area contributed by atoms with Crippen molar-refractivity contribution in [1.82, 2.24) is 5.32 Å². The molecule has 1 aromatic rings. The van der Waals surface area contributed by atoms with Crippen molar-refractivity contribution in [3.8, 4) is 0 Å². The number of aliphatic hydroxyl groups excluding tert-OH is 3. The van der Waals surface area contributed by atoms with Gasteiger partial charge in [0.05, 0.1) is 17.6 Å². The molecule has 0 aliphatic heterocycles. The molecular formula is C11H14N2O7. The third-order valence-electron chi connectivity index (χ3n) is 2.59. The second-order valence-corrected chi connectivity index (χ2v) is 3.96. The van der Waals surface area contributed by atoms with Gasteiger partial charge < -0.3 is 25.7 Å². The van der Waals surface area contributed by atoms with Gasteiger partial charge in [0.25, 0.3) is 11.6 Å². The largest absolute Gasteiger partial charge is 0.394 e. The molecule has 0 bridgehead atoms. The molecule has 2 unspecified atom stereocenters. The van der Waals surface area contributed by atoms with Crippen LogP contribution in [0.5, 0.6) is 0 Å². The quantitative estimate of drug-likeness (QED) is 0.240. The van der Waals surface area contributed by atoms with Crippen LogP contribution >= 0.6 is 0 Å². The fraction of sp³-hybridized carbons (Fsp3) is 0.364. The van der Waals surface area contributed by atoms with Crippen LogP contribution in [-0.2, 0) is 4.79 Å². The predicted molar refractivity (Wildman–Crippen MR) is 65.3 cm³/mol. The molecule has 1 aromatic carbocycles. The van der Waals surface area contributed by atoms with Gasteiger partial charge in [0.1, 0.15) is 6.10 Å². The maximum Gasteiger partial charge on any atom is 0.276 e. The molecule has 9 nitrogen and oxygen atoms in total. The minimum Gasteiger partial charge on any atom is -0.394 e. The van der Waals surface area contributed by atoms with E-state index in [0.29, 0.717) is 0 Å². The monoisotopic (exact) mass is 286 g/mol. The van der Waals surface area contributed by atoms with Gasteiger partial charge in [-0.15, -0.1) is 0 Å². The van der Waals surface area contributed by atoms with Crippen LogP contribution in [0.1, 0.15) is 11.7 Å². The minimum absolute atomic E-state index is 0.170. The number of benzene rings is 1. The zero-order valence-corrected chi connectivity index (χ0v) is 10.2. The van der Waals surface area contributed by atoms with Gasteiger partial charge in [-0.2, -0.15) is 0 Å². The third-order valence-corrected chi connectivity index (χ3v) is 2.59. The van der Waals surface area contributed by atoms with Crippen LogP contribution in [0.15, 0.2) is 24.3 Å². The molecule has 110 valence electrons. The first-order valence-corrected chi connectivity index (χ1v) is 5.56. The van der Waals surface area contributed by atoms with Crippen molar-refractivity contribution in [2.75, 3.05) is 6.61 Å². The van der Waals surface area contributed by atoms with Crippen LogP contribution in [0.4, 0.5) is 5.69 Å². The van der Waals surface area contributed by atoms with Gasteiger partial charge in [-0.3, -0.25) is 14.9 Å². The van der Waals surface area contributed by atoms with E-state index in [9.17, 15) is 20.0 Å². The fourth-order valence-corrected chi connectivity index (χ4v) is 1.51. The Balaban J connectivity index is 2.82. The van der Waals surface area contributed by atoms with Crippen molar-refractivity contribution in [3.05, 3.63) is 39.9 Å². The second kappa shape index (κ2) is 6.91. The molecule has 0 saturated heterocycles. The van der Waals surface area contributed by atoms with E-state index in [1.807, 2.05) is 5.32 Å². The lowest BCUT2D eigenvalue weighted by molar-refractivity contribution is -0.384. The van der Waals surface area contributed by atoms with Gasteiger partial charge in [0, 0.05) is 12.1 Å². The van der Waals surface area contributed by atoms with Gasteiger partial charge in [-0.25, -0.2) is 0 Å². The van der Waals surface area contributed by atoms with Crippen LogP contribution in [0.3, 0.4) is 0 Å². The van der Waals surface area contributed by atoms with Gasteiger partial charge in [-0.05, 0) is 17.7 Å². The van der Waals surface area contributed by atoms with E-state index in [2.05, 4.69) is 0 Å². The maximum atomic E-state index is 11.1. The van der Waals surface area contributed by atoms with E-state index in [0.717, 1.165) is 12.1 Å². The number of carbonyl (C=O) groups excluding carboxylic acids is 1. The summed E-state index contributed by atoms with van der Waals surface area (Å²) in [6.07, 6.45) is -3.63. The summed E-state index contributed by atoms with van der Waals surface area (Å²) >= 11 is 0. The third kappa shape index (κ3) is 3.96. The number of nitro groups is 1. The first-order valence-electron chi connectivity index (χ1n) is 5.56. The summed E-state index contributed by atoms with van der Waals surface area (Å²) in [5.41, 5.74) is 0.0543. The van der Waals surface area contributed by atoms with E-state index in [1.165, 1.54) is 12.1 Å². The molecule has 1 rings (SSSR count). The number of non-ortho nitro benzene ring substituents is 1. The van der Waals surface area contributed by atoms with E-state index in [1.54, 1.807) is 0 Å². The number of amides is 1. The Morgan fingerprint density at radius 2 is 1.80 bits per heavy atom. The highest BCUT2D eigenvalue weighted by atomic mass is 16.6. The Bertz CT molecular complexity index is 474. The van der Waals surface area contributed by atoms with E-state index >= 15 is 0 Å². The molecule has 0 spiro atoms. The summed E-state index contributed by atoms with van der Waals surface area (Å²) in [5, 5.41) is 48.8. The molecule has 0 aliphatic carbocycles. The SMILES string of the molecule is O=C(NC(CO)C(O)c1ccc([N+](=O)[O-])cc1)C(O)O. The van der Waals surface area contributed by atoms with Gasteiger partial charge in [0.2, 0.25) is 6.29 Å². The topological polar surface area (TPSA) is 153 Å². The van der Waals surface area contributed by atoms with Crippen LogP contribution < -0.4 is 5.32 Å². The second-order valence-electron chi connectivity index (χ2n) is 3.96. The first kappa shape index (κ1) is 16.0. The Kier molecular flexibility index (Phi) is 5.53. The molecule has 0 aromatic heterocycles. The highest BCUT2D eigenvalue weighted by Gasteiger charge is 2.24. The van der Waals surface area contributed by atoms with E-state index in [4.69, 9.17) is 15.3 Å². The normalized spacial score (nSPS) is 13.8. The molecule has 20 heavy (non-hydrogen) atoms. The van der Waals surface area contributed by atoms with Crippen LogP contribution in [0.25, 0.3) is 0 Å². The average molecular weight is 286 g/mol. The van der Waals surface area contributed by atoms with Gasteiger partial charge in [-0.1, -0.05) is 0 Å². The maximum absolute atomic E-state index is 11.1. The zero-order chi connectivity index (χ0) is 15.3. The van der Waals surface area contributed by atoms with Crippen LogP contribution in [0.2, 0.25) is 0 Å². The molecule has 0 aliphatic rings. The summed E-state index contributed by atoms with van der Waals surface area (Å²) in [6, 6.07) is 3.69. The summed E-state index contributed by atoms with van der Waals surface area (Å²) in [7, 11) is 0. The number of nitrogens with one attached hydrogen (secondary N) is 1. The number of nitro benzene ring substituents is 1. The smallest absolute Gasteiger partial charge is 0.276 e. The molecule has 9 heteroatoms. The standard InChI is InChI=1S/C11H14N2O7/c14-5-8(12-10(16)11(17)18)9(15)6-1-3-7(4-2-6)13(19)20/h1-4,8-9,11,14-15,17-18H,5H2,(H,12,16). The summed E-state index contributed by atoms with van der Waals surface area (Å²) in [4.78, 5) is 20.9. The number of hydrogen-bond acceptors (Lipinski definition) is 7. The van der Waals surface area contributed by atoms with E-state index < -0.39 is 35.9 Å². The molecule has 2 atom stereocenters. The molecule has 1 amide bonds. The fourth-order valence-electron chi connectivity index (χ4n) is 1.51. The Morgan fingerprint density at radius 1 is 1.25 bits per heavy atom. The molecule has 0 saturated carbocycles. The zero-order valence-electron chi connectivity index (χ0n) is 10.2. The Morgan fingerprint density at radius 3 is 2.20 bits per heavy atom. The van der Waals surface area contributed by atoms with Crippen LogP contribution in [-0.4, -0.2) is 50.2 Å². The number of aliphatic hydroxyl groups is 4. The van der Waals surface area contributed by atoms with Crippen molar-refractivity contribution < 1.29 is 30.1 Å². The van der Waals surface area contributed by atoms with Crippen molar-refractivity contribution in [3.63, 3.8) is 0 Å². The summed E-state index contributed by atoms with van der Waals surface area (Å²) in [6.45, 7) is -0.656. The van der Waals surface area contributed by atoms with Crippen molar-refractivity contribution >= 4 is 11.6 Å². The summed E-state index contributed by atoms with van der Waals surface area (Å²) < 4.78 is 0. The molecule has 0 radical (unpaired) electrons. The highest BCUT2D eigenvalue weighted by Crippen LogP contribution is 2.20. The van der Waals surface area contributed by atoms with Gasteiger partial charge >= 0.3 is 0 Å². The lowest BCUT2D eigenvalue weighted by Crippen LogP contribution is -2.46. The predicted octanol–water partition coefficient (Wildman–Crippen LogP) is -1.58. The van der Waals surface area contributed by atoms with Gasteiger partial charge in [0.15, 0.2) is 0 Å². The number of nitrogens with zero attached hydrogens (tertiary/aromatic N) is 1. The lowest BCUT2D eigenvalue weighted by Gasteiger charge is -2.22. The Labute approximate surface area is 113 Å². The number of rotatable bonds is 6. The number of carbonyl (C=O) groups is 1. The lowest BCUT2D eigenvalue weighted by atomic mass is 10.0.